The minimum absolute atomic E-state index is 0.0122. The summed E-state index contributed by atoms with van der Waals surface area (Å²) in [6.45, 7) is 4.45. The zero-order valence-electron chi connectivity index (χ0n) is 20.1. The number of aromatic carboxylic acids is 1. The summed E-state index contributed by atoms with van der Waals surface area (Å²) in [4.78, 5) is 11.1. The van der Waals surface area contributed by atoms with Gasteiger partial charge in [-0.1, -0.05) is 30.3 Å². The standard InChI is InChI=1S/C28H30N2O5/c1-28(2,15-19-5-4-6-25(13-19)34-3)30-17-24(31)18-35-26-14-22(11-12-23(26)16-29)20-7-9-21(10-8-20)27(32)33/h4-14,24,30-31H,15,17-18H2,1-3H3,(H,32,33)/t24-/m0/s1. The summed E-state index contributed by atoms with van der Waals surface area (Å²) in [5, 5.41) is 32.4. The van der Waals surface area contributed by atoms with Gasteiger partial charge in [0.2, 0.25) is 0 Å². The number of methoxy groups -OCH3 is 1. The number of carboxylic acids is 1. The Morgan fingerprint density at radius 3 is 2.46 bits per heavy atom. The Balaban J connectivity index is 1.60. The number of aliphatic hydroxyl groups excluding tert-OH is 1. The molecular weight excluding hydrogens is 444 g/mol. The van der Waals surface area contributed by atoms with E-state index >= 15 is 0 Å². The molecule has 0 heterocycles. The third-order valence-corrected chi connectivity index (χ3v) is 5.59. The van der Waals surface area contributed by atoms with Gasteiger partial charge in [-0.05, 0) is 73.4 Å². The van der Waals surface area contributed by atoms with Crippen LogP contribution in [-0.4, -0.2) is 48.1 Å². The molecule has 3 N–H and O–H groups in total. The monoisotopic (exact) mass is 474 g/mol. The van der Waals surface area contributed by atoms with Gasteiger partial charge in [-0.3, -0.25) is 0 Å². The van der Waals surface area contributed by atoms with Crippen LogP contribution in [0.1, 0.15) is 35.3 Å². The molecule has 0 spiro atoms. The molecule has 7 nitrogen and oxygen atoms in total. The van der Waals surface area contributed by atoms with Crippen molar-refractivity contribution in [1.29, 1.82) is 5.26 Å². The third kappa shape index (κ3) is 7.31. The molecule has 0 aliphatic heterocycles. The minimum atomic E-state index is -0.991. The molecule has 0 aliphatic rings. The number of aliphatic hydroxyl groups is 1. The van der Waals surface area contributed by atoms with Gasteiger partial charge in [0.1, 0.15) is 30.3 Å². The zero-order chi connectivity index (χ0) is 25.4. The maximum absolute atomic E-state index is 11.1. The fraction of sp³-hybridized carbons (Fsp3) is 0.286. The lowest BCUT2D eigenvalue weighted by molar-refractivity contribution is 0.0697. The molecule has 0 aromatic heterocycles. The molecule has 35 heavy (non-hydrogen) atoms. The van der Waals surface area contributed by atoms with E-state index in [9.17, 15) is 15.2 Å². The lowest BCUT2D eigenvalue weighted by atomic mass is 9.94. The van der Waals surface area contributed by atoms with Crippen LogP contribution < -0.4 is 14.8 Å². The molecule has 0 saturated carbocycles. The second kappa shape index (κ2) is 11.5. The molecule has 0 radical (unpaired) electrons. The Labute approximate surface area is 205 Å². The molecule has 182 valence electrons. The number of nitrogens with one attached hydrogen (secondary N) is 1. The van der Waals surface area contributed by atoms with Crippen molar-refractivity contribution in [2.45, 2.75) is 31.9 Å². The van der Waals surface area contributed by atoms with Crippen molar-refractivity contribution in [2.24, 2.45) is 0 Å². The third-order valence-electron chi connectivity index (χ3n) is 5.59. The van der Waals surface area contributed by atoms with Crippen LogP contribution in [0, 0.1) is 11.3 Å². The van der Waals surface area contributed by atoms with E-state index in [1.807, 2.05) is 24.3 Å². The highest BCUT2D eigenvalue weighted by Crippen LogP contribution is 2.28. The quantitative estimate of drug-likeness (QED) is 0.380. The highest BCUT2D eigenvalue weighted by atomic mass is 16.5. The lowest BCUT2D eigenvalue weighted by Gasteiger charge is -2.28. The van der Waals surface area contributed by atoms with Crippen molar-refractivity contribution < 1.29 is 24.5 Å². The summed E-state index contributed by atoms with van der Waals surface area (Å²) in [6, 6.07) is 21.6. The number of β-amino-alcohol motifs (C(OH)–C–C–N with tert-alkyl or cyclic N) is 1. The Morgan fingerprint density at radius 1 is 1.09 bits per heavy atom. The normalized spacial score (nSPS) is 12.0. The van der Waals surface area contributed by atoms with E-state index in [0.29, 0.717) is 17.9 Å². The predicted octanol–water partition coefficient (Wildman–Crippen LogP) is 4.28. The molecule has 3 rings (SSSR count). The number of rotatable bonds is 11. The van der Waals surface area contributed by atoms with Crippen molar-refractivity contribution >= 4 is 5.97 Å². The Morgan fingerprint density at radius 2 is 1.80 bits per heavy atom. The van der Waals surface area contributed by atoms with Gasteiger partial charge in [0.25, 0.3) is 0 Å². The van der Waals surface area contributed by atoms with E-state index in [4.69, 9.17) is 14.6 Å². The molecule has 0 amide bonds. The maximum atomic E-state index is 11.1. The fourth-order valence-electron chi connectivity index (χ4n) is 3.71. The first-order chi connectivity index (χ1) is 16.7. The smallest absolute Gasteiger partial charge is 0.335 e. The van der Waals surface area contributed by atoms with Crippen molar-refractivity contribution in [3.63, 3.8) is 0 Å². The van der Waals surface area contributed by atoms with Crippen LogP contribution in [0.25, 0.3) is 11.1 Å². The van der Waals surface area contributed by atoms with E-state index in [-0.39, 0.29) is 17.7 Å². The average Bonchev–Trinajstić information content (AvgIpc) is 2.86. The Bertz CT molecular complexity index is 1200. The highest BCUT2D eigenvalue weighted by Gasteiger charge is 2.20. The summed E-state index contributed by atoms with van der Waals surface area (Å²) in [6.07, 6.45) is -0.0383. The Hall–Kier alpha value is -3.86. The first kappa shape index (κ1) is 25.8. The Kier molecular flexibility index (Phi) is 8.48. The van der Waals surface area contributed by atoms with E-state index in [2.05, 4.69) is 25.2 Å². The van der Waals surface area contributed by atoms with Gasteiger partial charge in [-0.25, -0.2) is 4.79 Å². The van der Waals surface area contributed by atoms with Crippen LogP contribution in [0.3, 0.4) is 0 Å². The average molecular weight is 475 g/mol. The zero-order valence-corrected chi connectivity index (χ0v) is 20.1. The molecule has 0 saturated heterocycles. The largest absolute Gasteiger partial charge is 0.497 e. The van der Waals surface area contributed by atoms with Gasteiger partial charge >= 0.3 is 5.97 Å². The number of nitrogens with zero attached hydrogens (tertiary/aromatic N) is 1. The van der Waals surface area contributed by atoms with Crippen molar-refractivity contribution in [2.75, 3.05) is 20.3 Å². The van der Waals surface area contributed by atoms with Gasteiger partial charge in [0.05, 0.1) is 18.2 Å². The molecule has 3 aromatic rings. The number of hydrogen-bond donors (Lipinski definition) is 3. The van der Waals surface area contributed by atoms with Crippen LogP contribution in [-0.2, 0) is 6.42 Å². The SMILES string of the molecule is COc1cccc(CC(C)(C)NC[C@H](O)COc2cc(-c3ccc(C(=O)O)cc3)ccc2C#N)c1. The lowest BCUT2D eigenvalue weighted by Crippen LogP contribution is -2.46. The second-order valence-electron chi connectivity index (χ2n) is 8.96. The van der Waals surface area contributed by atoms with E-state index in [0.717, 1.165) is 28.9 Å². The molecule has 7 heteroatoms. The summed E-state index contributed by atoms with van der Waals surface area (Å²) in [7, 11) is 1.64. The van der Waals surface area contributed by atoms with Crippen LogP contribution >= 0.6 is 0 Å². The fourth-order valence-corrected chi connectivity index (χ4v) is 3.71. The molecule has 0 unspecified atom stereocenters. The minimum Gasteiger partial charge on any atom is -0.497 e. The summed E-state index contributed by atoms with van der Waals surface area (Å²) in [5.41, 5.74) is 2.99. The van der Waals surface area contributed by atoms with Crippen molar-refractivity contribution in [1.82, 2.24) is 5.32 Å². The second-order valence-corrected chi connectivity index (χ2v) is 8.96. The number of benzene rings is 3. The first-order valence-corrected chi connectivity index (χ1v) is 11.3. The van der Waals surface area contributed by atoms with Crippen LogP contribution in [0.5, 0.6) is 11.5 Å². The van der Waals surface area contributed by atoms with Gasteiger partial charge in [-0.2, -0.15) is 5.26 Å². The predicted molar refractivity (Wildman–Crippen MR) is 134 cm³/mol. The highest BCUT2D eigenvalue weighted by molar-refractivity contribution is 5.88. The van der Waals surface area contributed by atoms with Crippen molar-refractivity contribution in [3.05, 3.63) is 83.4 Å². The number of hydrogen-bond acceptors (Lipinski definition) is 6. The van der Waals surface area contributed by atoms with Gasteiger partial charge in [0, 0.05) is 12.1 Å². The summed E-state index contributed by atoms with van der Waals surface area (Å²) in [5.74, 6) is 0.178. The number of nitriles is 1. The van der Waals surface area contributed by atoms with Gasteiger partial charge < -0.3 is 25.0 Å². The molecule has 1 atom stereocenters. The molecule has 3 aromatic carbocycles. The van der Waals surface area contributed by atoms with Crippen LogP contribution in [0.15, 0.2) is 66.7 Å². The summed E-state index contributed by atoms with van der Waals surface area (Å²) < 4.78 is 11.1. The number of ether oxygens (including phenoxy) is 2. The molecular formula is C28H30N2O5. The van der Waals surface area contributed by atoms with Gasteiger partial charge in [0.15, 0.2) is 0 Å². The number of carbonyl (C=O) groups is 1. The van der Waals surface area contributed by atoms with Crippen LogP contribution in [0.2, 0.25) is 0 Å². The molecule has 0 fully saturated rings. The van der Waals surface area contributed by atoms with Gasteiger partial charge in [-0.15, -0.1) is 0 Å². The maximum Gasteiger partial charge on any atom is 0.335 e. The van der Waals surface area contributed by atoms with Crippen LogP contribution in [0.4, 0.5) is 0 Å². The first-order valence-electron chi connectivity index (χ1n) is 11.3. The van der Waals surface area contributed by atoms with Crippen molar-refractivity contribution in [3.8, 4) is 28.7 Å². The topological polar surface area (TPSA) is 112 Å². The molecule has 0 aliphatic carbocycles. The summed E-state index contributed by atoms with van der Waals surface area (Å²) >= 11 is 0. The molecule has 0 bridgehead atoms. The van der Waals surface area contributed by atoms with E-state index in [1.165, 1.54) is 12.1 Å². The van der Waals surface area contributed by atoms with E-state index < -0.39 is 12.1 Å². The van der Waals surface area contributed by atoms with E-state index in [1.54, 1.807) is 37.4 Å². The number of carboxylic acid groups (broad SMARTS) is 1.